The summed E-state index contributed by atoms with van der Waals surface area (Å²) in [5.74, 6) is 2.26. The summed E-state index contributed by atoms with van der Waals surface area (Å²) in [6.45, 7) is 5.03. The molecule has 4 aliphatic rings. The Kier molecular flexibility index (Phi) is 3.76. The van der Waals surface area contributed by atoms with Gasteiger partial charge in [-0.1, -0.05) is 43.7 Å². The predicted molar refractivity (Wildman–Crippen MR) is 117 cm³/mol. The van der Waals surface area contributed by atoms with Gasteiger partial charge in [0.05, 0.1) is 17.1 Å². The fraction of sp³-hybridized carbons (Fsp3) is 0.577. The van der Waals surface area contributed by atoms with Gasteiger partial charge in [-0.05, 0) is 80.2 Å². The number of hydrogen-bond acceptors (Lipinski definition) is 2. The van der Waals surface area contributed by atoms with Crippen molar-refractivity contribution in [2.75, 3.05) is 0 Å². The lowest BCUT2D eigenvalue weighted by molar-refractivity contribution is -0.0249. The number of para-hydroxylation sites is 2. The smallest absolute Gasteiger partial charge is 0.100 e. The van der Waals surface area contributed by atoms with Gasteiger partial charge in [0.1, 0.15) is 6.33 Å². The van der Waals surface area contributed by atoms with Crippen molar-refractivity contribution in [3.05, 3.63) is 48.3 Å². The lowest BCUT2D eigenvalue weighted by Crippen LogP contribution is -2.50. The summed E-state index contributed by atoms with van der Waals surface area (Å²) in [4.78, 5) is 4.67. The molecule has 0 amide bonds. The second-order valence-electron chi connectivity index (χ2n) is 10.5. The maximum Gasteiger partial charge on any atom is 0.100 e. The van der Waals surface area contributed by atoms with Crippen LogP contribution < -0.4 is 0 Å². The minimum Gasteiger partial charge on any atom is -0.393 e. The van der Waals surface area contributed by atoms with Gasteiger partial charge in [-0.25, -0.2) is 4.98 Å². The van der Waals surface area contributed by atoms with E-state index in [1.54, 1.807) is 5.57 Å². The van der Waals surface area contributed by atoms with Crippen molar-refractivity contribution in [3.8, 4) is 0 Å². The fourth-order valence-corrected chi connectivity index (χ4v) is 7.71. The molecule has 152 valence electrons. The summed E-state index contributed by atoms with van der Waals surface area (Å²) in [6, 6.07) is 8.52. The fourth-order valence-electron chi connectivity index (χ4n) is 7.71. The average Bonchev–Trinajstić information content (AvgIpc) is 3.29. The third-order valence-corrected chi connectivity index (χ3v) is 9.33. The van der Waals surface area contributed by atoms with Crippen LogP contribution in [0.2, 0.25) is 0 Å². The molecule has 6 atom stereocenters. The lowest BCUT2D eigenvalue weighted by atomic mass is 9.48. The second-order valence-corrected chi connectivity index (χ2v) is 10.5. The standard InChI is InChI=1S/C26H32N2O/c1-25-13-11-18(29)15-17(25)7-8-19-20-9-10-24(26(20,2)14-12-21(19)25)28-16-27-22-5-3-4-6-23(22)28/h3-7,10,16,18-21,29H,8-9,11-15H2,1-2H3/t18-,19-,20-,21-,25-,26-/m1/s1. The Morgan fingerprint density at radius 3 is 2.72 bits per heavy atom. The van der Waals surface area contributed by atoms with E-state index in [2.05, 4.69) is 59.8 Å². The molecule has 2 aromatic rings. The first-order valence-electron chi connectivity index (χ1n) is 11.5. The largest absolute Gasteiger partial charge is 0.393 e. The molecule has 1 aromatic heterocycles. The zero-order valence-electron chi connectivity index (χ0n) is 17.6. The Morgan fingerprint density at radius 1 is 1.00 bits per heavy atom. The number of aliphatic hydroxyl groups excluding tert-OH is 1. The molecule has 29 heavy (non-hydrogen) atoms. The SMILES string of the molecule is C[C@@]12CC[C@@H]3[C@H](CC=C4C[C@H](O)CC[C@]43C)[C@H]1CC=C2n1cnc2ccccc21. The molecular weight excluding hydrogens is 356 g/mol. The molecule has 3 heteroatoms. The van der Waals surface area contributed by atoms with E-state index in [1.807, 2.05) is 6.33 Å². The number of fused-ring (bicyclic) bond motifs is 6. The van der Waals surface area contributed by atoms with Crippen LogP contribution in [0.4, 0.5) is 0 Å². The number of aromatic nitrogens is 2. The lowest BCUT2D eigenvalue weighted by Gasteiger charge is -2.57. The van der Waals surface area contributed by atoms with E-state index in [9.17, 15) is 5.11 Å². The highest BCUT2D eigenvalue weighted by molar-refractivity contribution is 5.80. The minimum atomic E-state index is -0.117. The molecule has 3 nitrogen and oxygen atoms in total. The molecule has 2 fully saturated rings. The Labute approximate surface area is 173 Å². The summed E-state index contributed by atoms with van der Waals surface area (Å²) < 4.78 is 2.37. The summed E-state index contributed by atoms with van der Waals surface area (Å²) in [5, 5.41) is 10.2. The molecule has 1 N–H and O–H groups in total. The van der Waals surface area contributed by atoms with Crippen molar-refractivity contribution in [2.24, 2.45) is 28.6 Å². The molecule has 0 saturated heterocycles. The van der Waals surface area contributed by atoms with Crippen molar-refractivity contribution in [2.45, 2.75) is 64.9 Å². The molecular formula is C26H32N2O. The van der Waals surface area contributed by atoms with Gasteiger partial charge in [-0.15, -0.1) is 0 Å². The summed E-state index contributed by atoms with van der Waals surface area (Å²) >= 11 is 0. The first kappa shape index (κ1) is 17.9. The van der Waals surface area contributed by atoms with Crippen LogP contribution >= 0.6 is 0 Å². The van der Waals surface area contributed by atoms with Crippen molar-refractivity contribution in [3.63, 3.8) is 0 Å². The molecule has 1 aromatic carbocycles. The van der Waals surface area contributed by atoms with Crippen molar-refractivity contribution < 1.29 is 5.11 Å². The van der Waals surface area contributed by atoms with E-state index in [4.69, 9.17) is 0 Å². The minimum absolute atomic E-state index is 0.117. The Balaban J connectivity index is 1.36. The van der Waals surface area contributed by atoms with E-state index in [-0.39, 0.29) is 11.5 Å². The van der Waals surface area contributed by atoms with Crippen molar-refractivity contribution in [1.29, 1.82) is 0 Å². The predicted octanol–water partition coefficient (Wildman–Crippen LogP) is 5.81. The van der Waals surface area contributed by atoms with Gasteiger partial charge in [0.15, 0.2) is 0 Å². The number of rotatable bonds is 1. The third-order valence-electron chi connectivity index (χ3n) is 9.33. The van der Waals surface area contributed by atoms with Gasteiger partial charge >= 0.3 is 0 Å². The summed E-state index contributed by atoms with van der Waals surface area (Å²) in [7, 11) is 0. The molecule has 6 rings (SSSR count). The monoisotopic (exact) mass is 388 g/mol. The second kappa shape index (κ2) is 6.07. The van der Waals surface area contributed by atoms with E-state index in [0.29, 0.717) is 5.41 Å². The van der Waals surface area contributed by atoms with Gasteiger partial charge in [0, 0.05) is 11.1 Å². The van der Waals surface area contributed by atoms with Crippen LogP contribution in [0.15, 0.2) is 48.3 Å². The van der Waals surface area contributed by atoms with Gasteiger partial charge in [-0.3, -0.25) is 0 Å². The Morgan fingerprint density at radius 2 is 1.83 bits per heavy atom. The molecule has 0 aliphatic heterocycles. The number of imidazole rings is 1. The van der Waals surface area contributed by atoms with Gasteiger partial charge in [-0.2, -0.15) is 0 Å². The van der Waals surface area contributed by atoms with Crippen LogP contribution in [0.3, 0.4) is 0 Å². The number of allylic oxidation sites excluding steroid dienone is 3. The van der Waals surface area contributed by atoms with E-state index in [0.717, 1.165) is 42.5 Å². The Bertz CT molecular complexity index is 1030. The van der Waals surface area contributed by atoms with Crippen LogP contribution in [0, 0.1) is 28.6 Å². The van der Waals surface area contributed by atoms with E-state index >= 15 is 0 Å². The average molecular weight is 389 g/mol. The van der Waals surface area contributed by atoms with Crippen LogP contribution in [0.5, 0.6) is 0 Å². The van der Waals surface area contributed by atoms with Crippen molar-refractivity contribution >= 4 is 16.7 Å². The molecule has 1 heterocycles. The number of nitrogens with zero attached hydrogens (tertiary/aromatic N) is 2. The molecule has 4 aliphatic carbocycles. The summed E-state index contributed by atoms with van der Waals surface area (Å²) in [5.41, 5.74) is 5.92. The Hall–Kier alpha value is -1.87. The van der Waals surface area contributed by atoms with Gasteiger partial charge in [0.2, 0.25) is 0 Å². The maximum absolute atomic E-state index is 10.2. The van der Waals surface area contributed by atoms with E-state index < -0.39 is 0 Å². The number of benzene rings is 1. The highest BCUT2D eigenvalue weighted by Crippen LogP contribution is 2.65. The van der Waals surface area contributed by atoms with Gasteiger partial charge in [0.25, 0.3) is 0 Å². The zero-order valence-corrected chi connectivity index (χ0v) is 17.6. The first-order valence-corrected chi connectivity index (χ1v) is 11.5. The quantitative estimate of drug-likeness (QED) is 0.626. The molecule has 2 saturated carbocycles. The zero-order chi connectivity index (χ0) is 19.8. The van der Waals surface area contributed by atoms with Crippen LogP contribution in [0.1, 0.15) is 58.8 Å². The highest BCUT2D eigenvalue weighted by Gasteiger charge is 2.57. The molecule has 0 unspecified atom stereocenters. The van der Waals surface area contributed by atoms with E-state index in [1.165, 1.54) is 36.9 Å². The summed E-state index contributed by atoms with van der Waals surface area (Å²) in [6.07, 6.45) is 15.0. The molecule has 0 bridgehead atoms. The van der Waals surface area contributed by atoms with Gasteiger partial charge < -0.3 is 9.67 Å². The first-order chi connectivity index (χ1) is 14.0. The number of hydrogen-bond donors (Lipinski definition) is 1. The normalized spacial score (nSPS) is 41.3. The van der Waals surface area contributed by atoms with Crippen LogP contribution in [-0.2, 0) is 0 Å². The third kappa shape index (κ3) is 2.37. The number of aliphatic hydroxyl groups is 1. The maximum atomic E-state index is 10.2. The van der Waals surface area contributed by atoms with Crippen LogP contribution in [0.25, 0.3) is 16.7 Å². The van der Waals surface area contributed by atoms with Crippen molar-refractivity contribution in [1.82, 2.24) is 9.55 Å². The molecule has 0 spiro atoms. The van der Waals surface area contributed by atoms with Crippen LogP contribution in [-0.4, -0.2) is 20.8 Å². The topological polar surface area (TPSA) is 38.0 Å². The highest BCUT2D eigenvalue weighted by atomic mass is 16.3. The molecule has 0 radical (unpaired) electrons.